The van der Waals surface area contributed by atoms with Gasteiger partial charge in [-0.2, -0.15) is 0 Å². The Bertz CT molecular complexity index is 331. The summed E-state index contributed by atoms with van der Waals surface area (Å²) in [5.74, 6) is -5.21. The van der Waals surface area contributed by atoms with E-state index < -0.39 is 50.1 Å². The van der Waals surface area contributed by atoms with Crippen molar-refractivity contribution in [1.82, 2.24) is 9.80 Å². The molecule has 0 rings (SSSR count). The van der Waals surface area contributed by atoms with Crippen LogP contribution in [0.25, 0.3) is 0 Å². The minimum atomic E-state index is -1.48. The van der Waals surface area contributed by atoms with E-state index in [-0.39, 0.29) is 128 Å². The van der Waals surface area contributed by atoms with E-state index in [1.165, 1.54) is 0 Å². The SMILES string of the molecule is O=C([O-])CN(CCN(CC(=O)O)CC(=O)O)CC(=O)O.[Cl-].[K+].[K+]. The van der Waals surface area contributed by atoms with Gasteiger partial charge < -0.3 is 37.6 Å². The Morgan fingerprint density at radius 3 is 1.17 bits per heavy atom. The molecule has 0 saturated heterocycles. The topological polar surface area (TPSA) is 159 Å². The van der Waals surface area contributed by atoms with E-state index in [4.69, 9.17) is 15.3 Å². The molecule has 0 fully saturated rings. The van der Waals surface area contributed by atoms with E-state index >= 15 is 0 Å². The average Bonchev–Trinajstić information content (AvgIpc) is 2.22. The van der Waals surface area contributed by atoms with Crippen LogP contribution in [0.3, 0.4) is 0 Å². The van der Waals surface area contributed by atoms with Gasteiger partial charge in [0.25, 0.3) is 0 Å². The van der Waals surface area contributed by atoms with Gasteiger partial charge in [0, 0.05) is 19.6 Å². The van der Waals surface area contributed by atoms with E-state index in [1.807, 2.05) is 0 Å². The summed E-state index contributed by atoms with van der Waals surface area (Å²) in [5, 5.41) is 36.3. The number of carbonyl (C=O) groups excluding carboxylic acids is 1. The van der Waals surface area contributed by atoms with Crippen LogP contribution in [0, 0.1) is 0 Å². The molecule has 0 heterocycles. The molecule has 0 saturated carbocycles. The van der Waals surface area contributed by atoms with Gasteiger partial charge in [-0.3, -0.25) is 24.2 Å². The third-order valence-electron chi connectivity index (χ3n) is 2.16. The molecular formula is C10H15ClK2N2O8. The maximum absolute atomic E-state index is 10.5. The first kappa shape index (κ1) is 32.1. The molecule has 13 heteroatoms. The van der Waals surface area contributed by atoms with Gasteiger partial charge in [0.15, 0.2) is 0 Å². The predicted octanol–water partition coefficient (Wildman–Crippen LogP) is -12.4. The number of halogens is 1. The number of carbonyl (C=O) groups is 4. The van der Waals surface area contributed by atoms with Crippen LogP contribution >= 0.6 is 0 Å². The van der Waals surface area contributed by atoms with Crippen LogP contribution in [0.1, 0.15) is 0 Å². The van der Waals surface area contributed by atoms with E-state index in [9.17, 15) is 24.3 Å². The van der Waals surface area contributed by atoms with Gasteiger partial charge in [-0.1, -0.05) is 0 Å². The summed E-state index contributed by atoms with van der Waals surface area (Å²) in [7, 11) is 0. The summed E-state index contributed by atoms with van der Waals surface area (Å²) in [6, 6.07) is 0. The van der Waals surface area contributed by atoms with Crippen LogP contribution in [-0.2, 0) is 19.2 Å². The molecule has 3 N–H and O–H groups in total. The standard InChI is InChI=1S/C10H16N2O8.ClH.2K/c13-7(14)3-11(4-8(15)16)1-2-12(5-9(17)18)6-10(19)20;;;/h1-6H2,(H,13,14)(H,15,16)(H,17,18)(H,19,20);1H;;/q;;2*+1/p-2. The number of rotatable bonds is 11. The Hall–Kier alpha value is 1.36. The van der Waals surface area contributed by atoms with Gasteiger partial charge in [0.05, 0.1) is 25.6 Å². The Kier molecular flexibility index (Phi) is 25.3. The number of nitrogens with zero attached hydrogens (tertiary/aromatic N) is 2. The molecule has 0 amide bonds. The summed E-state index contributed by atoms with van der Waals surface area (Å²) in [4.78, 5) is 44.1. The molecule has 0 aromatic carbocycles. The fourth-order valence-corrected chi connectivity index (χ4v) is 1.47. The minimum Gasteiger partial charge on any atom is -1.00 e. The summed E-state index contributed by atoms with van der Waals surface area (Å²) in [5.41, 5.74) is 0. The molecule has 0 aliphatic rings. The molecule has 0 aliphatic carbocycles. The van der Waals surface area contributed by atoms with Crippen LogP contribution < -0.4 is 120 Å². The first-order chi connectivity index (χ1) is 9.20. The molecule has 0 unspecified atom stereocenters. The van der Waals surface area contributed by atoms with Gasteiger partial charge >= 0.3 is 121 Å². The fourth-order valence-electron chi connectivity index (χ4n) is 1.47. The molecule has 122 valence electrons. The smallest absolute Gasteiger partial charge is 1.00 e. The number of aliphatic carboxylic acids is 4. The molecule has 0 spiro atoms. The first-order valence-electron chi connectivity index (χ1n) is 5.50. The molecule has 10 nitrogen and oxygen atoms in total. The number of carboxylic acid groups (broad SMARTS) is 4. The first-order valence-corrected chi connectivity index (χ1v) is 5.50. The zero-order valence-corrected chi connectivity index (χ0v) is 19.9. The number of hydrogen-bond donors (Lipinski definition) is 3. The Morgan fingerprint density at radius 1 is 0.696 bits per heavy atom. The number of carboxylic acids is 4. The Balaban J connectivity index is -0.000000602. The average molecular weight is 405 g/mol. The van der Waals surface area contributed by atoms with E-state index in [0.717, 1.165) is 9.80 Å². The fraction of sp³-hybridized carbons (Fsp3) is 0.600. The van der Waals surface area contributed by atoms with Crippen molar-refractivity contribution in [2.75, 3.05) is 39.3 Å². The summed E-state index contributed by atoms with van der Waals surface area (Å²) in [6.45, 7) is -2.50. The largest absolute Gasteiger partial charge is 1.00 e. The quantitative estimate of drug-likeness (QED) is 0.282. The Labute approximate surface area is 223 Å². The van der Waals surface area contributed by atoms with Crippen molar-refractivity contribution in [1.29, 1.82) is 0 Å². The van der Waals surface area contributed by atoms with Gasteiger partial charge in [0.2, 0.25) is 0 Å². The zero-order chi connectivity index (χ0) is 15.7. The van der Waals surface area contributed by atoms with Gasteiger partial charge in [0.1, 0.15) is 0 Å². The molecule has 0 atom stereocenters. The van der Waals surface area contributed by atoms with Crippen molar-refractivity contribution in [2.24, 2.45) is 0 Å². The summed E-state index contributed by atoms with van der Waals surface area (Å²) >= 11 is 0. The van der Waals surface area contributed by atoms with Gasteiger partial charge in [-0.15, -0.1) is 0 Å². The van der Waals surface area contributed by atoms with Crippen LogP contribution in [0.4, 0.5) is 0 Å². The second kappa shape index (κ2) is 18.2. The van der Waals surface area contributed by atoms with Crippen molar-refractivity contribution < 1.29 is 155 Å². The third kappa shape index (κ3) is 21.3. The van der Waals surface area contributed by atoms with Crippen LogP contribution in [0.15, 0.2) is 0 Å². The van der Waals surface area contributed by atoms with E-state index in [2.05, 4.69) is 0 Å². The summed E-state index contributed by atoms with van der Waals surface area (Å²) < 4.78 is 0. The predicted molar refractivity (Wildman–Crippen MR) is 60.8 cm³/mol. The van der Waals surface area contributed by atoms with E-state index in [0.29, 0.717) is 0 Å². The molecule has 0 aromatic rings. The van der Waals surface area contributed by atoms with E-state index in [1.54, 1.807) is 0 Å². The summed E-state index contributed by atoms with van der Waals surface area (Å²) in [6.07, 6.45) is 0. The van der Waals surface area contributed by atoms with Gasteiger partial charge in [-0.25, -0.2) is 0 Å². The second-order valence-electron chi connectivity index (χ2n) is 3.97. The Morgan fingerprint density at radius 2 is 0.957 bits per heavy atom. The van der Waals surface area contributed by atoms with Crippen molar-refractivity contribution in [3.8, 4) is 0 Å². The second-order valence-corrected chi connectivity index (χ2v) is 3.97. The van der Waals surface area contributed by atoms with Crippen LogP contribution in [0.2, 0.25) is 0 Å². The van der Waals surface area contributed by atoms with Crippen molar-refractivity contribution in [2.45, 2.75) is 0 Å². The van der Waals surface area contributed by atoms with Crippen LogP contribution in [-0.4, -0.2) is 88.3 Å². The maximum Gasteiger partial charge on any atom is 1.00 e. The molecule has 0 aromatic heterocycles. The monoisotopic (exact) mass is 404 g/mol. The van der Waals surface area contributed by atoms with Gasteiger partial charge in [-0.05, 0) is 0 Å². The molecule has 0 radical (unpaired) electrons. The van der Waals surface area contributed by atoms with Crippen molar-refractivity contribution >= 4 is 23.9 Å². The van der Waals surface area contributed by atoms with Crippen molar-refractivity contribution in [3.05, 3.63) is 0 Å². The normalized spacial score (nSPS) is 9.30. The molecule has 23 heavy (non-hydrogen) atoms. The zero-order valence-electron chi connectivity index (χ0n) is 12.9. The third-order valence-corrected chi connectivity index (χ3v) is 2.16. The molecule has 0 bridgehead atoms. The molecular weight excluding hydrogens is 390 g/mol. The maximum atomic E-state index is 10.5. The van der Waals surface area contributed by atoms with Crippen molar-refractivity contribution in [3.63, 3.8) is 0 Å². The number of hydrogen-bond acceptors (Lipinski definition) is 7. The minimum absolute atomic E-state index is 0. The van der Waals surface area contributed by atoms with Crippen LogP contribution in [0.5, 0.6) is 0 Å². The molecule has 0 aliphatic heterocycles.